The van der Waals surface area contributed by atoms with Crippen LogP contribution in [-0.4, -0.2) is 32.6 Å². The van der Waals surface area contributed by atoms with Crippen LogP contribution < -0.4 is 4.74 Å². The molecule has 19 heavy (non-hydrogen) atoms. The minimum absolute atomic E-state index is 0.146. The third-order valence-electron chi connectivity index (χ3n) is 2.38. The van der Waals surface area contributed by atoms with Crippen molar-refractivity contribution in [1.29, 1.82) is 0 Å². The van der Waals surface area contributed by atoms with Gasteiger partial charge in [-0.05, 0) is 6.07 Å². The molecule has 0 aliphatic carbocycles. The fourth-order valence-electron chi connectivity index (χ4n) is 1.47. The third kappa shape index (κ3) is 3.12. The molecule has 0 atom stereocenters. The summed E-state index contributed by atoms with van der Waals surface area (Å²) >= 11 is 0. The molecule has 1 heterocycles. The topological polar surface area (TPSA) is 100 Å². The van der Waals surface area contributed by atoms with Crippen molar-refractivity contribution in [3.8, 4) is 5.75 Å². The second-order valence-corrected chi connectivity index (χ2v) is 3.60. The summed E-state index contributed by atoms with van der Waals surface area (Å²) in [6.45, 7) is 0.747. The van der Waals surface area contributed by atoms with E-state index in [9.17, 15) is 14.9 Å². The third-order valence-corrected chi connectivity index (χ3v) is 2.38. The standard InChI is InChI=1S/C11H10N4O4/c16-6-9-5-10(15(17)18)1-2-11(9)19-4-3-14-8-12-7-13-14/h1-2,5-8H,3-4H2. The van der Waals surface area contributed by atoms with Gasteiger partial charge in [-0.1, -0.05) is 0 Å². The maximum absolute atomic E-state index is 10.9. The first-order valence-corrected chi connectivity index (χ1v) is 5.39. The van der Waals surface area contributed by atoms with E-state index in [2.05, 4.69) is 10.1 Å². The Bertz CT molecular complexity index is 582. The van der Waals surface area contributed by atoms with Crippen LogP contribution in [0, 0.1) is 10.1 Å². The molecule has 8 heteroatoms. The fourth-order valence-corrected chi connectivity index (χ4v) is 1.47. The Morgan fingerprint density at radius 2 is 2.32 bits per heavy atom. The first-order valence-electron chi connectivity index (χ1n) is 5.39. The van der Waals surface area contributed by atoms with Crippen molar-refractivity contribution in [3.05, 3.63) is 46.5 Å². The van der Waals surface area contributed by atoms with E-state index < -0.39 is 4.92 Å². The van der Waals surface area contributed by atoms with Crippen molar-refractivity contribution < 1.29 is 14.5 Å². The highest BCUT2D eigenvalue weighted by atomic mass is 16.6. The summed E-state index contributed by atoms with van der Waals surface area (Å²) in [6.07, 6.45) is 3.47. The highest BCUT2D eigenvalue weighted by Gasteiger charge is 2.11. The van der Waals surface area contributed by atoms with E-state index in [4.69, 9.17) is 4.74 Å². The number of nitro groups is 1. The Morgan fingerprint density at radius 1 is 1.47 bits per heavy atom. The minimum atomic E-state index is -0.563. The zero-order valence-corrected chi connectivity index (χ0v) is 9.80. The van der Waals surface area contributed by atoms with Crippen LogP contribution in [0.25, 0.3) is 0 Å². The molecule has 0 bridgehead atoms. The molecular weight excluding hydrogens is 252 g/mol. The van der Waals surface area contributed by atoms with Crippen LogP contribution in [0.5, 0.6) is 5.75 Å². The van der Waals surface area contributed by atoms with Crippen LogP contribution in [0.2, 0.25) is 0 Å². The monoisotopic (exact) mass is 262 g/mol. The molecule has 0 aliphatic heterocycles. The number of aldehydes is 1. The molecule has 0 amide bonds. The van der Waals surface area contributed by atoms with Gasteiger partial charge in [0.25, 0.3) is 5.69 Å². The predicted molar refractivity (Wildman–Crippen MR) is 64.0 cm³/mol. The smallest absolute Gasteiger partial charge is 0.270 e. The molecule has 1 aromatic heterocycles. The second kappa shape index (κ2) is 5.71. The van der Waals surface area contributed by atoms with Gasteiger partial charge in [0.1, 0.15) is 25.0 Å². The number of rotatable bonds is 6. The summed E-state index contributed by atoms with van der Waals surface area (Å²) in [5.74, 6) is 0.306. The normalized spacial score (nSPS) is 10.1. The Labute approximate surface area is 107 Å². The van der Waals surface area contributed by atoms with Gasteiger partial charge >= 0.3 is 0 Å². The average molecular weight is 262 g/mol. The van der Waals surface area contributed by atoms with E-state index in [0.717, 1.165) is 0 Å². The number of nitrogens with zero attached hydrogens (tertiary/aromatic N) is 4. The number of benzene rings is 1. The molecule has 0 saturated heterocycles. The molecule has 0 aliphatic rings. The molecule has 8 nitrogen and oxygen atoms in total. The molecule has 98 valence electrons. The zero-order valence-electron chi connectivity index (χ0n) is 9.80. The van der Waals surface area contributed by atoms with E-state index >= 15 is 0 Å². The van der Waals surface area contributed by atoms with E-state index in [-0.39, 0.29) is 17.9 Å². The molecule has 0 saturated carbocycles. The molecule has 0 spiro atoms. The highest BCUT2D eigenvalue weighted by Crippen LogP contribution is 2.22. The number of hydrogen-bond donors (Lipinski definition) is 0. The van der Waals surface area contributed by atoms with Crippen LogP contribution in [0.15, 0.2) is 30.9 Å². The molecule has 0 N–H and O–H groups in total. The lowest BCUT2D eigenvalue weighted by atomic mass is 10.2. The van der Waals surface area contributed by atoms with Crippen LogP contribution in [0.1, 0.15) is 10.4 Å². The van der Waals surface area contributed by atoms with Gasteiger partial charge in [-0.25, -0.2) is 9.67 Å². The summed E-state index contributed by atoms with van der Waals surface area (Å²) in [5, 5.41) is 14.5. The number of carbonyl (C=O) groups is 1. The lowest BCUT2D eigenvalue weighted by molar-refractivity contribution is -0.384. The number of aromatic nitrogens is 3. The number of ether oxygens (including phenoxy) is 1. The highest BCUT2D eigenvalue weighted by molar-refractivity contribution is 5.80. The number of hydrogen-bond acceptors (Lipinski definition) is 6. The minimum Gasteiger partial charge on any atom is -0.491 e. The Kier molecular flexibility index (Phi) is 3.81. The first-order chi connectivity index (χ1) is 9.20. The van der Waals surface area contributed by atoms with Crippen molar-refractivity contribution in [2.75, 3.05) is 6.61 Å². The van der Waals surface area contributed by atoms with Crippen molar-refractivity contribution in [3.63, 3.8) is 0 Å². The lowest BCUT2D eigenvalue weighted by Gasteiger charge is -2.07. The lowest BCUT2D eigenvalue weighted by Crippen LogP contribution is -2.09. The SMILES string of the molecule is O=Cc1cc([N+](=O)[O-])ccc1OCCn1cncn1. The summed E-state index contributed by atoms with van der Waals surface area (Å²) in [4.78, 5) is 24.7. The van der Waals surface area contributed by atoms with Gasteiger partial charge in [0.15, 0.2) is 6.29 Å². The van der Waals surface area contributed by atoms with E-state index in [0.29, 0.717) is 18.6 Å². The summed E-state index contributed by atoms with van der Waals surface area (Å²) in [5.41, 5.74) is -0.00137. The first kappa shape index (κ1) is 12.7. The fraction of sp³-hybridized carbons (Fsp3) is 0.182. The van der Waals surface area contributed by atoms with Gasteiger partial charge in [0, 0.05) is 12.1 Å². The molecule has 1 aromatic carbocycles. The van der Waals surface area contributed by atoms with E-state index in [1.165, 1.54) is 24.5 Å². The molecular formula is C11H10N4O4. The molecule has 0 fully saturated rings. The maximum Gasteiger partial charge on any atom is 0.270 e. The summed E-state index contributed by atoms with van der Waals surface area (Å²) in [7, 11) is 0. The van der Waals surface area contributed by atoms with Crippen molar-refractivity contribution in [1.82, 2.24) is 14.8 Å². The average Bonchev–Trinajstić information content (AvgIpc) is 2.92. The van der Waals surface area contributed by atoms with Gasteiger partial charge in [0.05, 0.1) is 17.0 Å². The largest absolute Gasteiger partial charge is 0.491 e. The van der Waals surface area contributed by atoms with Crippen molar-refractivity contribution >= 4 is 12.0 Å². The zero-order chi connectivity index (χ0) is 13.7. The maximum atomic E-state index is 10.9. The number of nitro benzene ring substituents is 1. The Morgan fingerprint density at radius 3 is 2.95 bits per heavy atom. The summed E-state index contributed by atoms with van der Waals surface area (Å²) in [6, 6.07) is 3.87. The van der Waals surface area contributed by atoms with Crippen molar-refractivity contribution in [2.45, 2.75) is 6.54 Å². The molecule has 0 unspecified atom stereocenters. The molecule has 2 rings (SSSR count). The van der Waals surface area contributed by atoms with Crippen LogP contribution in [-0.2, 0) is 6.54 Å². The quantitative estimate of drug-likeness (QED) is 0.438. The van der Waals surface area contributed by atoms with Gasteiger partial charge < -0.3 is 4.74 Å². The van der Waals surface area contributed by atoms with Crippen LogP contribution >= 0.6 is 0 Å². The molecule has 2 aromatic rings. The van der Waals surface area contributed by atoms with Gasteiger partial charge in [0.2, 0.25) is 0 Å². The van der Waals surface area contributed by atoms with Crippen molar-refractivity contribution in [2.24, 2.45) is 0 Å². The Balaban J connectivity index is 2.03. The summed E-state index contributed by atoms with van der Waals surface area (Å²) < 4.78 is 6.97. The predicted octanol–water partition coefficient (Wildman–Crippen LogP) is 1.08. The van der Waals surface area contributed by atoms with E-state index in [1.807, 2.05) is 0 Å². The van der Waals surface area contributed by atoms with E-state index in [1.54, 1.807) is 11.0 Å². The Hall–Kier alpha value is -2.77. The van der Waals surface area contributed by atoms with Crippen LogP contribution in [0.4, 0.5) is 5.69 Å². The number of non-ortho nitro benzene ring substituents is 1. The van der Waals surface area contributed by atoms with Gasteiger partial charge in [-0.3, -0.25) is 14.9 Å². The molecule has 0 radical (unpaired) electrons. The van der Waals surface area contributed by atoms with Gasteiger partial charge in [-0.2, -0.15) is 5.10 Å². The van der Waals surface area contributed by atoms with Gasteiger partial charge in [-0.15, -0.1) is 0 Å². The number of carbonyl (C=O) groups excluding carboxylic acids is 1. The van der Waals surface area contributed by atoms with Crippen LogP contribution in [0.3, 0.4) is 0 Å². The second-order valence-electron chi connectivity index (χ2n) is 3.60.